The summed E-state index contributed by atoms with van der Waals surface area (Å²) < 4.78 is 67.0. The smallest absolute Gasteiger partial charge is 0.216 e. The number of aromatic nitrogens is 4. The molecule has 355 valence electrons. The van der Waals surface area contributed by atoms with Crippen LogP contribution in [0.4, 0.5) is 4.39 Å². The fourth-order valence-electron chi connectivity index (χ4n) is 9.64. The van der Waals surface area contributed by atoms with Gasteiger partial charge in [-0.2, -0.15) is 0 Å². The number of furan rings is 1. The van der Waals surface area contributed by atoms with Gasteiger partial charge in [0.1, 0.15) is 0 Å². The Balaban J connectivity index is 0.000000201. The van der Waals surface area contributed by atoms with Crippen molar-refractivity contribution in [2.24, 2.45) is 5.41 Å². The number of hydrogen-bond acceptors (Lipinski definition) is 5. The average molecular weight is 1150 g/mol. The molecule has 0 saturated heterocycles. The molecule has 7 aromatic carbocycles. The van der Waals surface area contributed by atoms with Crippen molar-refractivity contribution in [2.75, 3.05) is 0 Å². The van der Waals surface area contributed by atoms with Crippen molar-refractivity contribution in [1.29, 1.82) is 0 Å². The molecular formula is C62H53FIrN4OSSi-2. The van der Waals surface area contributed by atoms with Gasteiger partial charge in [-0.25, -0.2) is 4.98 Å². The summed E-state index contributed by atoms with van der Waals surface area (Å²) in [4.78, 5) is 14.7. The van der Waals surface area contributed by atoms with E-state index in [0.717, 1.165) is 55.1 Å². The molecule has 0 atom stereocenters. The zero-order chi connectivity index (χ0) is 52.9. The number of thiophene rings is 1. The van der Waals surface area contributed by atoms with Gasteiger partial charge in [0.2, 0.25) is 5.71 Å². The van der Waals surface area contributed by atoms with E-state index in [1.807, 2.05) is 80.6 Å². The Bertz CT molecular complexity index is 4210. The summed E-state index contributed by atoms with van der Waals surface area (Å²) in [6, 6.07) is 51.3. The standard InChI is InChI=1S/C42H25FN3OS.C20H28NSi.Ir/c1-23-22-31-28-14-8-9-15-35(28)48-40(31)24(2)37(23)46-38-27-13-7-6-10-25(27)16-20-34(38)44-41(46)30-17-19-32(43)36-29-18-21-33(26-11-4-3-5-12-26)45-42(29)47-39(30)36;1-15-8-10-16(11-9-15)18-12-17(13-20(2,3)4)19(14-21-18)22(5,6)7;/h3-16,18-22H,1-2H3;8-10,12,14H,13H2,1-7H3;/q2*-1;/i;1D3,13D2;. The maximum Gasteiger partial charge on any atom is 0.216 e. The van der Waals surface area contributed by atoms with Gasteiger partial charge in [-0.05, 0) is 88.7 Å². The number of pyridine rings is 2. The quantitative estimate of drug-likeness (QED) is 0.123. The van der Waals surface area contributed by atoms with Gasteiger partial charge >= 0.3 is 0 Å². The van der Waals surface area contributed by atoms with E-state index in [1.54, 1.807) is 18.3 Å². The molecule has 71 heavy (non-hydrogen) atoms. The van der Waals surface area contributed by atoms with Crippen LogP contribution in [0.25, 0.3) is 104 Å². The second kappa shape index (κ2) is 18.5. The predicted octanol–water partition coefficient (Wildman–Crippen LogP) is 16.7. The van der Waals surface area contributed by atoms with Crippen LogP contribution in [-0.4, -0.2) is 27.6 Å². The minimum Gasteiger partial charge on any atom is -0.486 e. The molecule has 12 aromatic rings. The van der Waals surface area contributed by atoms with Gasteiger partial charge in [0.25, 0.3) is 0 Å². The second-order valence-corrected chi connectivity index (χ2v) is 26.1. The molecule has 0 bridgehead atoms. The van der Waals surface area contributed by atoms with Crippen molar-refractivity contribution in [2.45, 2.75) is 67.5 Å². The van der Waals surface area contributed by atoms with Gasteiger partial charge in [-0.3, -0.25) is 9.37 Å². The minimum absolute atomic E-state index is 0. The molecule has 0 spiro atoms. The van der Waals surface area contributed by atoms with Crippen LogP contribution in [0.3, 0.4) is 0 Å². The Labute approximate surface area is 439 Å². The van der Waals surface area contributed by atoms with E-state index in [4.69, 9.17) is 21.2 Å². The molecule has 0 fully saturated rings. The first-order chi connectivity index (χ1) is 35.6. The third-order valence-corrected chi connectivity index (χ3v) is 16.1. The Hall–Kier alpha value is -6.61. The maximum absolute atomic E-state index is 15.8. The van der Waals surface area contributed by atoms with Crippen molar-refractivity contribution in [3.8, 4) is 39.6 Å². The fraction of sp³-hybridized carbons (Fsp3) is 0.177. The largest absolute Gasteiger partial charge is 0.486 e. The summed E-state index contributed by atoms with van der Waals surface area (Å²) in [5.74, 6) is 0.231. The summed E-state index contributed by atoms with van der Waals surface area (Å²) in [6.45, 7) is 14.4. The van der Waals surface area contributed by atoms with E-state index < -0.39 is 32.5 Å². The molecule has 9 heteroatoms. The predicted molar refractivity (Wildman–Crippen MR) is 295 cm³/mol. The van der Waals surface area contributed by atoms with Gasteiger partial charge in [-0.15, -0.1) is 58.9 Å². The molecule has 0 aliphatic heterocycles. The first-order valence-corrected chi connectivity index (χ1v) is 27.8. The Kier molecular flexibility index (Phi) is 11.0. The van der Waals surface area contributed by atoms with E-state index >= 15 is 4.39 Å². The van der Waals surface area contributed by atoms with Crippen molar-refractivity contribution in [1.82, 2.24) is 19.5 Å². The third-order valence-electron chi connectivity index (χ3n) is 12.8. The molecule has 0 unspecified atom stereocenters. The van der Waals surface area contributed by atoms with Crippen LogP contribution >= 0.6 is 11.3 Å². The van der Waals surface area contributed by atoms with E-state index in [2.05, 4.69) is 122 Å². The first kappa shape index (κ1) is 42.1. The third kappa shape index (κ3) is 8.84. The van der Waals surface area contributed by atoms with Gasteiger partial charge in [0, 0.05) is 81.2 Å². The van der Waals surface area contributed by atoms with Crippen molar-refractivity contribution in [3.63, 3.8) is 0 Å². The number of aryl methyl sites for hydroxylation is 3. The Morgan fingerprint density at radius 1 is 0.789 bits per heavy atom. The molecule has 5 nitrogen and oxygen atoms in total. The summed E-state index contributed by atoms with van der Waals surface area (Å²) >= 11 is 1.81. The Morgan fingerprint density at radius 3 is 2.30 bits per heavy atom. The number of benzene rings is 7. The number of rotatable bonds is 6. The maximum atomic E-state index is 15.8. The van der Waals surface area contributed by atoms with E-state index in [-0.39, 0.29) is 25.7 Å². The van der Waals surface area contributed by atoms with Crippen molar-refractivity contribution in [3.05, 3.63) is 186 Å². The zero-order valence-electron chi connectivity index (χ0n) is 45.7. The van der Waals surface area contributed by atoms with E-state index in [1.165, 1.54) is 32.3 Å². The van der Waals surface area contributed by atoms with Crippen LogP contribution in [0.2, 0.25) is 19.6 Å². The molecule has 5 heterocycles. The SMILES string of the molecule is Cc1cc2c(sc3ccccc32)c(C)c1-n1c(-c2[c-]cc(F)c3c2oc2nc(-c4ccccc4)ccc23)nc2ccc3ccccc3c21.[2H]C([2H])([2H])c1c[c-]c(-c2cc(C([2H])([2H])C(C)(C)C)c([Si](C)(C)C)cn2)cc1.[Ir]. The van der Waals surface area contributed by atoms with E-state index in [9.17, 15) is 0 Å². The minimum atomic E-state index is -2.17. The number of nitrogens with zero attached hydrogens (tertiary/aromatic N) is 4. The number of fused-ring (bicyclic) bond motifs is 9. The molecule has 5 aromatic heterocycles. The normalized spacial score (nSPS) is 13.5. The molecule has 0 aliphatic rings. The summed E-state index contributed by atoms with van der Waals surface area (Å²) in [5, 5.41) is 6.71. The molecule has 1 radical (unpaired) electrons. The molecule has 0 aliphatic carbocycles. The summed E-state index contributed by atoms with van der Waals surface area (Å²) in [5.41, 5.74) is 9.82. The summed E-state index contributed by atoms with van der Waals surface area (Å²) in [7, 11) is -1.81. The summed E-state index contributed by atoms with van der Waals surface area (Å²) in [6.07, 6.45) is 0.269. The molecule has 12 rings (SSSR count). The molecular weight excluding hydrogens is 1090 g/mol. The monoisotopic (exact) mass is 1150 g/mol. The fourth-order valence-corrected chi connectivity index (χ4v) is 12.2. The first-order valence-electron chi connectivity index (χ1n) is 25.9. The Morgan fingerprint density at radius 2 is 1.55 bits per heavy atom. The van der Waals surface area contributed by atoms with Crippen LogP contribution in [0.1, 0.15) is 49.9 Å². The number of hydrogen-bond donors (Lipinski definition) is 0. The van der Waals surface area contributed by atoms with Gasteiger partial charge in [0.05, 0.1) is 36.2 Å². The number of imidazole rings is 1. The van der Waals surface area contributed by atoms with Crippen LogP contribution in [0.5, 0.6) is 0 Å². The van der Waals surface area contributed by atoms with Gasteiger partial charge < -0.3 is 14.0 Å². The van der Waals surface area contributed by atoms with Crippen LogP contribution < -0.4 is 5.19 Å². The van der Waals surface area contributed by atoms with E-state index in [0.29, 0.717) is 50.3 Å². The average Bonchev–Trinajstić information content (AvgIpc) is 4.09. The number of halogens is 1. The molecule has 0 N–H and O–H groups in total. The van der Waals surface area contributed by atoms with Crippen molar-refractivity contribution >= 4 is 88.6 Å². The van der Waals surface area contributed by atoms with Crippen LogP contribution in [0, 0.1) is 44.1 Å². The van der Waals surface area contributed by atoms with Gasteiger partial charge in [-0.1, -0.05) is 143 Å². The van der Waals surface area contributed by atoms with Gasteiger partial charge in [0.15, 0.2) is 0 Å². The van der Waals surface area contributed by atoms with Crippen molar-refractivity contribution < 1.29 is 35.8 Å². The second-order valence-electron chi connectivity index (χ2n) is 20.0. The zero-order valence-corrected chi connectivity index (χ0v) is 44.9. The van der Waals surface area contributed by atoms with Crippen LogP contribution in [-0.2, 0) is 26.5 Å². The topological polar surface area (TPSA) is 56.7 Å². The van der Waals surface area contributed by atoms with Crippen LogP contribution in [0.15, 0.2) is 150 Å². The molecule has 0 saturated carbocycles. The molecule has 0 amide bonds.